The molecule has 1 saturated heterocycles. The second kappa shape index (κ2) is 3.98. The molecule has 0 unspecified atom stereocenters. The maximum atomic E-state index is 5.70. The number of hydrogen-bond acceptors (Lipinski definition) is 3. The zero-order valence-corrected chi connectivity index (χ0v) is 8.74. The van der Waals surface area contributed by atoms with Gasteiger partial charge in [-0.1, -0.05) is 12.1 Å². The van der Waals surface area contributed by atoms with Gasteiger partial charge in [0.15, 0.2) is 0 Å². The zero-order valence-electron chi connectivity index (χ0n) is 8.74. The molecule has 0 amide bonds. The number of epoxide rings is 1. The Morgan fingerprint density at radius 1 is 1.38 bits per heavy atom. The van der Waals surface area contributed by atoms with E-state index < -0.39 is 0 Å². The Bertz CT molecular complexity index is 464. The third-order valence-electron chi connectivity index (χ3n) is 2.44. The molecule has 2 aromatic rings. The van der Waals surface area contributed by atoms with Crippen LogP contribution in [0.4, 0.5) is 0 Å². The lowest BCUT2D eigenvalue weighted by atomic mass is 10.3. The summed E-state index contributed by atoms with van der Waals surface area (Å²) in [7, 11) is 0. The van der Waals surface area contributed by atoms with Gasteiger partial charge in [-0.15, -0.1) is 0 Å². The SMILES string of the molecule is c1ccc(-n2cccn2)c(OC[C@@H]2CO2)c1. The van der Waals surface area contributed by atoms with Gasteiger partial charge in [-0.05, 0) is 18.2 Å². The molecule has 82 valence electrons. The van der Waals surface area contributed by atoms with Crippen LogP contribution >= 0.6 is 0 Å². The van der Waals surface area contributed by atoms with Crippen LogP contribution in [-0.2, 0) is 4.74 Å². The molecular weight excluding hydrogens is 204 g/mol. The number of hydrogen-bond donors (Lipinski definition) is 0. The Hall–Kier alpha value is -1.81. The third-order valence-corrected chi connectivity index (χ3v) is 2.44. The number of nitrogens with zero attached hydrogens (tertiary/aromatic N) is 2. The number of benzene rings is 1. The summed E-state index contributed by atoms with van der Waals surface area (Å²) in [4.78, 5) is 0. The van der Waals surface area contributed by atoms with Crippen LogP contribution in [0.5, 0.6) is 5.75 Å². The first kappa shape index (κ1) is 9.42. The zero-order chi connectivity index (χ0) is 10.8. The van der Waals surface area contributed by atoms with Crippen molar-refractivity contribution in [3.63, 3.8) is 0 Å². The predicted octanol–water partition coefficient (Wildman–Crippen LogP) is 1.65. The molecule has 0 spiro atoms. The Kier molecular flexibility index (Phi) is 2.34. The van der Waals surface area contributed by atoms with E-state index in [0.29, 0.717) is 6.61 Å². The maximum absolute atomic E-state index is 5.70. The van der Waals surface area contributed by atoms with E-state index in [0.717, 1.165) is 18.0 Å². The highest BCUT2D eigenvalue weighted by Gasteiger charge is 2.23. The normalized spacial score (nSPS) is 18.4. The summed E-state index contributed by atoms with van der Waals surface area (Å²) < 4.78 is 12.6. The number of aromatic nitrogens is 2. The van der Waals surface area contributed by atoms with Crippen molar-refractivity contribution < 1.29 is 9.47 Å². The molecule has 0 N–H and O–H groups in total. The summed E-state index contributed by atoms with van der Waals surface area (Å²) in [6.45, 7) is 1.42. The number of para-hydroxylation sites is 2. The maximum Gasteiger partial charge on any atom is 0.145 e. The Morgan fingerprint density at radius 2 is 2.25 bits per heavy atom. The van der Waals surface area contributed by atoms with E-state index in [1.807, 2.05) is 36.5 Å². The van der Waals surface area contributed by atoms with Crippen molar-refractivity contribution in [3.8, 4) is 11.4 Å². The summed E-state index contributed by atoms with van der Waals surface area (Å²) >= 11 is 0. The van der Waals surface area contributed by atoms with Gasteiger partial charge >= 0.3 is 0 Å². The van der Waals surface area contributed by atoms with Crippen LogP contribution in [0.15, 0.2) is 42.7 Å². The van der Waals surface area contributed by atoms with Crippen molar-refractivity contribution in [2.45, 2.75) is 6.10 Å². The first-order valence-electron chi connectivity index (χ1n) is 5.27. The van der Waals surface area contributed by atoms with Crippen molar-refractivity contribution in [2.75, 3.05) is 13.2 Å². The highest BCUT2D eigenvalue weighted by Crippen LogP contribution is 2.23. The average molecular weight is 216 g/mol. The van der Waals surface area contributed by atoms with E-state index >= 15 is 0 Å². The highest BCUT2D eigenvalue weighted by atomic mass is 16.6. The van der Waals surface area contributed by atoms with E-state index in [2.05, 4.69) is 5.10 Å². The van der Waals surface area contributed by atoms with Crippen molar-refractivity contribution in [2.24, 2.45) is 0 Å². The van der Waals surface area contributed by atoms with E-state index in [9.17, 15) is 0 Å². The fourth-order valence-corrected chi connectivity index (χ4v) is 1.53. The van der Waals surface area contributed by atoms with Gasteiger partial charge in [0.1, 0.15) is 24.1 Å². The van der Waals surface area contributed by atoms with Crippen LogP contribution in [0.1, 0.15) is 0 Å². The van der Waals surface area contributed by atoms with Crippen molar-refractivity contribution >= 4 is 0 Å². The molecule has 3 rings (SSSR count). The first-order chi connectivity index (χ1) is 7.93. The lowest BCUT2D eigenvalue weighted by molar-refractivity contribution is 0.262. The molecule has 1 fully saturated rings. The largest absolute Gasteiger partial charge is 0.489 e. The monoisotopic (exact) mass is 216 g/mol. The van der Waals surface area contributed by atoms with Crippen LogP contribution in [0, 0.1) is 0 Å². The molecule has 1 atom stereocenters. The standard InChI is InChI=1S/C12H12N2O2/c1-2-5-12(16-9-10-8-15-10)11(4-1)14-7-3-6-13-14/h1-7,10H,8-9H2/t10-/m0/s1. The lowest BCUT2D eigenvalue weighted by Gasteiger charge is -2.10. The Labute approximate surface area is 93.4 Å². The van der Waals surface area contributed by atoms with Gasteiger partial charge in [0, 0.05) is 12.4 Å². The van der Waals surface area contributed by atoms with Crippen molar-refractivity contribution in [3.05, 3.63) is 42.7 Å². The quantitative estimate of drug-likeness (QED) is 0.729. The Balaban J connectivity index is 1.85. The molecule has 2 heterocycles. The first-order valence-corrected chi connectivity index (χ1v) is 5.27. The van der Waals surface area contributed by atoms with Crippen LogP contribution in [-0.4, -0.2) is 29.1 Å². The van der Waals surface area contributed by atoms with Crippen molar-refractivity contribution in [1.82, 2.24) is 9.78 Å². The summed E-state index contributed by atoms with van der Waals surface area (Å²) in [5.41, 5.74) is 0.952. The second-order valence-corrected chi connectivity index (χ2v) is 3.68. The minimum absolute atomic E-state index is 0.269. The molecule has 16 heavy (non-hydrogen) atoms. The van der Waals surface area contributed by atoms with Crippen LogP contribution in [0.25, 0.3) is 5.69 Å². The molecule has 1 aliphatic rings. The topological polar surface area (TPSA) is 39.6 Å². The number of rotatable bonds is 4. The van der Waals surface area contributed by atoms with Gasteiger partial charge in [-0.25, -0.2) is 4.68 Å². The molecule has 4 nitrogen and oxygen atoms in total. The summed E-state index contributed by atoms with van der Waals surface area (Å²) in [6, 6.07) is 9.74. The fraction of sp³-hybridized carbons (Fsp3) is 0.250. The van der Waals surface area contributed by atoms with Gasteiger partial charge in [-0.2, -0.15) is 5.10 Å². The minimum atomic E-state index is 0.269. The molecule has 0 bridgehead atoms. The molecule has 4 heteroatoms. The lowest BCUT2D eigenvalue weighted by Crippen LogP contribution is -2.07. The number of ether oxygens (including phenoxy) is 2. The van der Waals surface area contributed by atoms with Gasteiger partial charge in [-0.3, -0.25) is 0 Å². The molecule has 1 aromatic carbocycles. The summed E-state index contributed by atoms with van der Waals surface area (Å²) in [5.74, 6) is 0.835. The van der Waals surface area contributed by atoms with E-state index in [-0.39, 0.29) is 6.10 Å². The third kappa shape index (κ3) is 1.92. The van der Waals surface area contributed by atoms with Gasteiger partial charge < -0.3 is 9.47 Å². The Morgan fingerprint density at radius 3 is 3.00 bits per heavy atom. The predicted molar refractivity (Wildman–Crippen MR) is 58.8 cm³/mol. The minimum Gasteiger partial charge on any atom is -0.489 e. The van der Waals surface area contributed by atoms with Gasteiger partial charge in [0.2, 0.25) is 0 Å². The fourth-order valence-electron chi connectivity index (χ4n) is 1.53. The van der Waals surface area contributed by atoms with Gasteiger partial charge in [0.05, 0.1) is 6.61 Å². The molecule has 0 aliphatic carbocycles. The molecule has 1 aromatic heterocycles. The van der Waals surface area contributed by atoms with Crippen molar-refractivity contribution in [1.29, 1.82) is 0 Å². The van der Waals surface area contributed by atoms with Crippen LogP contribution < -0.4 is 4.74 Å². The average Bonchev–Trinajstić information content (AvgIpc) is 3.00. The van der Waals surface area contributed by atoms with Crippen LogP contribution in [0.3, 0.4) is 0 Å². The van der Waals surface area contributed by atoms with E-state index in [1.54, 1.807) is 10.9 Å². The highest BCUT2D eigenvalue weighted by molar-refractivity contribution is 5.45. The van der Waals surface area contributed by atoms with E-state index in [1.165, 1.54) is 0 Å². The molecule has 0 radical (unpaired) electrons. The molecule has 0 saturated carbocycles. The van der Waals surface area contributed by atoms with Gasteiger partial charge in [0.25, 0.3) is 0 Å². The van der Waals surface area contributed by atoms with E-state index in [4.69, 9.17) is 9.47 Å². The smallest absolute Gasteiger partial charge is 0.145 e. The molecule has 1 aliphatic heterocycles. The summed E-state index contributed by atoms with van der Waals surface area (Å²) in [5, 5.41) is 4.20. The second-order valence-electron chi connectivity index (χ2n) is 3.68. The summed E-state index contributed by atoms with van der Waals surface area (Å²) in [6.07, 6.45) is 3.92. The molecular formula is C12H12N2O2. The van der Waals surface area contributed by atoms with Crippen LogP contribution in [0.2, 0.25) is 0 Å².